The molecule has 0 amide bonds. The van der Waals surface area contributed by atoms with Crippen LogP contribution in [-0.2, 0) is 0 Å². The van der Waals surface area contributed by atoms with Gasteiger partial charge in [0.05, 0.1) is 4.92 Å². The Morgan fingerprint density at radius 2 is 1.43 bits per heavy atom. The molecule has 0 saturated heterocycles. The molecule has 0 aliphatic rings. The van der Waals surface area contributed by atoms with E-state index in [9.17, 15) is 10.1 Å². The molecular formula is C21H15N3O4. The van der Waals surface area contributed by atoms with Crippen molar-refractivity contribution in [3.8, 4) is 34.3 Å². The number of nitro groups is 1. The SMILES string of the molecule is Cc1ccc(Oc2ccc(-c3noc(-c4ccc([N+](=O)[O-])cc4)n3)cc2)cc1. The van der Waals surface area contributed by atoms with Crippen molar-refractivity contribution in [2.75, 3.05) is 0 Å². The minimum atomic E-state index is -0.455. The van der Waals surface area contributed by atoms with Crippen LogP contribution in [0, 0.1) is 17.0 Å². The highest BCUT2D eigenvalue weighted by Crippen LogP contribution is 2.27. The molecule has 3 aromatic carbocycles. The average Bonchev–Trinajstić information content (AvgIpc) is 3.21. The Labute approximate surface area is 160 Å². The molecule has 1 heterocycles. The molecule has 0 aliphatic heterocycles. The Bertz CT molecular complexity index is 1100. The summed E-state index contributed by atoms with van der Waals surface area (Å²) in [6.07, 6.45) is 0. The number of nitro benzene ring substituents is 1. The van der Waals surface area contributed by atoms with Crippen molar-refractivity contribution in [3.63, 3.8) is 0 Å². The Kier molecular flexibility index (Phi) is 4.55. The third-order valence-corrected chi connectivity index (χ3v) is 4.12. The average molecular weight is 373 g/mol. The van der Waals surface area contributed by atoms with Gasteiger partial charge < -0.3 is 9.26 Å². The summed E-state index contributed by atoms with van der Waals surface area (Å²) >= 11 is 0. The maximum absolute atomic E-state index is 10.7. The molecule has 28 heavy (non-hydrogen) atoms. The molecule has 0 bridgehead atoms. The van der Waals surface area contributed by atoms with Gasteiger partial charge in [0.15, 0.2) is 0 Å². The zero-order valence-electron chi connectivity index (χ0n) is 14.9. The highest BCUT2D eigenvalue weighted by atomic mass is 16.6. The molecule has 7 nitrogen and oxygen atoms in total. The molecule has 0 fully saturated rings. The molecule has 7 heteroatoms. The molecule has 0 radical (unpaired) electrons. The van der Waals surface area contributed by atoms with Crippen molar-refractivity contribution in [2.24, 2.45) is 0 Å². The van der Waals surface area contributed by atoms with Gasteiger partial charge >= 0.3 is 0 Å². The van der Waals surface area contributed by atoms with Gasteiger partial charge in [-0.2, -0.15) is 4.98 Å². The van der Waals surface area contributed by atoms with E-state index in [1.165, 1.54) is 17.7 Å². The summed E-state index contributed by atoms with van der Waals surface area (Å²) in [6.45, 7) is 2.02. The van der Waals surface area contributed by atoms with Crippen LogP contribution in [0.3, 0.4) is 0 Å². The van der Waals surface area contributed by atoms with Crippen LogP contribution in [-0.4, -0.2) is 15.1 Å². The van der Waals surface area contributed by atoms with Crippen molar-refractivity contribution in [3.05, 3.63) is 88.5 Å². The molecule has 138 valence electrons. The third kappa shape index (κ3) is 3.73. The number of rotatable bonds is 5. The van der Waals surface area contributed by atoms with Crippen molar-refractivity contribution in [1.29, 1.82) is 0 Å². The van der Waals surface area contributed by atoms with Crippen LogP contribution in [0.5, 0.6) is 11.5 Å². The highest BCUT2D eigenvalue weighted by Gasteiger charge is 2.12. The highest BCUT2D eigenvalue weighted by molar-refractivity contribution is 5.61. The Hall–Kier alpha value is -4.00. The van der Waals surface area contributed by atoms with Gasteiger partial charge in [-0.1, -0.05) is 22.9 Å². The molecule has 1 aromatic heterocycles. The van der Waals surface area contributed by atoms with Crippen LogP contribution in [0.4, 0.5) is 5.69 Å². The Morgan fingerprint density at radius 1 is 0.857 bits per heavy atom. The fourth-order valence-electron chi connectivity index (χ4n) is 2.60. The quantitative estimate of drug-likeness (QED) is 0.343. The normalized spacial score (nSPS) is 10.6. The lowest BCUT2D eigenvalue weighted by Gasteiger charge is -2.06. The number of hydrogen-bond donors (Lipinski definition) is 0. The first-order chi connectivity index (χ1) is 13.6. The van der Waals surface area contributed by atoms with E-state index in [0.717, 1.165) is 11.3 Å². The fourth-order valence-corrected chi connectivity index (χ4v) is 2.60. The van der Waals surface area contributed by atoms with E-state index in [1.54, 1.807) is 12.1 Å². The van der Waals surface area contributed by atoms with E-state index in [2.05, 4.69) is 10.1 Å². The molecule has 0 aliphatic carbocycles. The van der Waals surface area contributed by atoms with Crippen LogP contribution < -0.4 is 4.74 Å². The van der Waals surface area contributed by atoms with Crippen LogP contribution in [0.2, 0.25) is 0 Å². The molecule has 4 aromatic rings. The summed E-state index contributed by atoms with van der Waals surface area (Å²) < 4.78 is 11.1. The number of aromatic nitrogens is 2. The predicted molar refractivity (Wildman–Crippen MR) is 103 cm³/mol. The van der Waals surface area contributed by atoms with Gasteiger partial charge in [0.1, 0.15) is 11.5 Å². The molecule has 0 spiro atoms. The van der Waals surface area contributed by atoms with Crippen molar-refractivity contribution in [1.82, 2.24) is 10.1 Å². The van der Waals surface area contributed by atoms with E-state index in [4.69, 9.17) is 9.26 Å². The van der Waals surface area contributed by atoms with Gasteiger partial charge in [0.2, 0.25) is 5.82 Å². The van der Waals surface area contributed by atoms with Crippen LogP contribution in [0.25, 0.3) is 22.8 Å². The zero-order chi connectivity index (χ0) is 19.5. The van der Waals surface area contributed by atoms with Gasteiger partial charge in [0.25, 0.3) is 11.6 Å². The van der Waals surface area contributed by atoms with Crippen molar-refractivity contribution < 1.29 is 14.2 Å². The number of hydrogen-bond acceptors (Lipinski definition) is 6. The lowest BCUT2D eigenvalue weighted by Crippen LogP contribution is -1.87. The van der Waals surface area contributed by atoms with E-state index in [0.29, 0.717) is 23.0 Å². The lowest BCUT2D eigenvalue weighted by molar-refractivity contribution is -0.384. The number of benzene rings is 3. The Morgan fingerprint density at radius 3 is 2.04 bits per heavy atom. The maximum Gasteiger partial charge on any atom is 0.269 e. The molecule has 0 N–H and O–H groups in total. The van der Waals surface area contributed by atoms with E-state index < -0.39 is 4.92 Å². The van der Waals surface area contributed by atoms with Gasteiger partial charge in [-0.15, -0.1) is 0 Å². The zero-order valence-corrected chi connectivity index (χ0v) is 14.9. The standard InChI is InChI=1S/C21H15N3O4/c1-14-2-10-18(11-3-14)27-19-12-6-15(7-13-19)20-22-21(28-23-20)16-4-8-17(9-5-16)24(25)26/h2-13H,1H3. The predicted octanol–water partition coefficient (Wildman–Crippen LogP) is 5.41. The van der Waals surface area contributed by atoms with Crippen molar-refractivity contribution in [2.45, 2.75) is 6.92 Å². The maximum atomic E-state index is 10.7. The molecule has 0 saturated carbocycles. The van der Waals surface area contributed by atoms with Gasteiger partial charge in [-0.25, -0.2) is 0 Å². The summed E-state index contributed by atoms with van der Waals surface area (Å²) in [5, 5.41) is 14.7. The molecule has 0 atom stereocenters. The minimum Gasteiger partial charge on any atom is -0.457 e. The van der Waals surface area contributed by atoms with Gasteiger partial charge in [-0.05, 0) is 55.5 Å². The van der Waals surface area contributed by atoms with E-state index in [1.807, 2.05) is 55.5 Å². The van der Waals surface area contributed by atoms with Gasteiger partial charge in [0, 0.05) is 23.3 Å². The number of non-ortho nitro benzene ring substituents is 1. The Balaban J connectivity index is 1.50. The summed E-state index contributed by atoms with van der Waals surface area (Å²) in [5.41, 5.74) is 2.56. The van der Waals surface area contributed by atoms with E-state index >= 15 is 0 Å². The van der Waals surface area contributed by atoms with Crippen LogP contribution in [0.1, 0.15) is 5.56 Å². The fraction of sp³-hybridized carbons (Fsp3) is 0.0476. The monoisotopic (exact) mass is 373 g/mol. The second-order valence-electron chi connectivity index (χ2n) is 6.17. The topological polar surface area (TPSA) is 91.3 Å². The first-order valence-corrected chi connectivity index (χ1v) is 8.52. The van der Waals surface area contributed by atoms with Crippen LogP contribution in [0.15, 0.2) is 77.3 Å². The minimum absolute atomic E-state index is 0.00709. The molecular weight excluding hydrogens is 358 g/mol. The van der Waals surface area contributed by atoms with Crippen LogP contribution >= 0.6 is 0 Å². The largest absolute Gasteiger partial charge is 0.457 e. The van der Waals surface area contributed by atoms with Gasteiger partial charge in [-0.3, -0.25) is 10.1 Å². The first-order valence-electron chi connectivity index (χ1n) is 8.52. The lowest BCUT2D eigenvalue weighted by atomic mass is 10.2. The summed E-state index contributed by atoms with van der Waals surface area (Å²) in [6, 6.07) is 21.1. The number of nitrogens with zero attached hydrogens (tertiary/aromatic N) is 3. The summed E-state index contributed by atoms with van der Waals surface area (Å²) in [4.78, 5) is 14.6. The summed E-state index contributed by atoms with van der Waals surface area (Å²) in [7, 11) is 0. The molecule has 0 unspecified atom stereocenters. The van der Waals surface area contributed by atoms with E-state index in [-0.39, 0.29) is 5.69 Å². The first kappa shape index (κ1) is 17.4. The van der Waals surface area contributed by atoms with Crippen molar-refractivity contribution >= 4 is 5.69 Å². The second-order valence-corrected chi connectivity index (χ2v) is 6.17. The second kappa shape index (κ2) is 7.32. The smallest absolute Gasteiger partial charge is 0.269 e. The summed E-state index contributed by atoms with van der Waals surface area (Å²) in [5.74, 6) is 2.19. The molecule has 4 rings (SSSR count). The number of aryl methyl sites for hydroxylation is 1. The number of ether oxygens (including phenoxy) is 1. The third-order valence-electron chi connectivity index (χ3n) is 4.12.